The number of nitrogen functional groups attached to an aromatic ring is 1. The summed E-state index contributed by atoms with van der Waals surface area (Å²) in [5.74, 6) is 0. The summed E-state index contributed by atoms with van der Waals surface area (Å²) in [7, 11) is 0. The first kappa shape index (κ1) is 33.8. The van der Waals surface area contributed by atoms with Gasteiger partial charge >= 0.3 is 0 Å². The zero-order chi connectivity index (χ0) is 38.6. The van der Waals surface area contributed by atoms with E-state index in [-0.39, 0.29) is 0 Å². The van der Waals surface area contributed by atoms with Crippen LogP contribution in [0, 0.1) is 0 Å². The molecule has 1 aromatic heterocycles. The van der Waals surface area contributed by atoms with E-state index in [0.29, 0.717) is 0 Å². The Bertz CT molecular complexity index is 3450. The van der Waals surface area contributed by atoms with Gasteiger partial charge in [-0.2, -0.15) is 0 Å². The lowest BCUT2D eigenvalue weighted by Crippen LogP contribution is -1.98. The smallest absolute Gasteiger partial charge is 0.0795 e. The van der Waals surface area contributed by atoms with Gasteiger partial charge in [-0.15, -0.1) is 0 Å². The minimum atomic E-state index is 0.747. The zero-order valence-electron chi connectivity index (χ0n) is 31.9. The average molecular weight is 739 g/mol. The van der Waals surface area contributed by atoms with E-state index in [1.165, 1.54) is 48.7 Å². The highest BCUT2D eigenvalue weighted by atomic mass is 14.7. The summed E-state index contributed by atoms with van der Waals surface area (Å²) in [4.78, 5) is 5.54. The molecule has 0 aliphatic carbocycles. The van der Waals surface area contributed by atoms with Crippen molar-refractivity contribution in [2.24, 2.45) is 0 Å². The lowest BCUT2D eigenvalue weighted by Gasteiger charge is -2.18. The minimum Gasteiger partial charge on any atom is -0.398 e. The van der Waals surface area contributed by atoms with Gasteiger partial charge in [-0.1, -0.05) is 164 Å². The van der Waals surface area contributed by atoms with Gasteiger partial charge in [0.15, 0.2) is 0 Å². The van der Waals surface area contributed by atoms with Crippen LogP contribution in [0.2, 0.25) is 0 Å². The number of allylic oxidation sites excluding steroid dienone is 1. The SMILES string of the molecule is Nc1c(/C=C\Cc2ccc3ccccc3c2)c(-c2ccc3ccccc3c2)cc2c1cc(-c1ccc3ccccc3c1)c1ccc(-c3ccc4ccccc4c3)nc12. The Morgan fingerprint density at radius 2 is 0.879 bits per heavy atom. The van der Waals surface area contributed by atoms with Crippen LogP contribution in [0.4, 0.5) is 5.69 Å². The normalized spacial score (nSPS) is 11.9. The molecule has 1 heterocycles. The van der Waals surface area contributed by atoms with Crippen molar-refractivity contribution in [1.29, 1.82) is 0 Å². The first-order valence-corrected chi connectivity index (χ1v) is 19.9. The van der Waals surface area contributed by atoms with Gasteiger partial charge in [0, 0.05) is 33.0 Å². The topological polar surface area (TPSA) is 38.9 Å². The number of nitrogens with zero attached hydrogens (tertiary/aromatic N) is 1. The third-order valence-electron chi connectivity index (χ3n) is 11.8. The van der Waals surface area contributed by atoms with Crippen molar-refractivity contribution in [2.45, 2.75) is 6.42 Å². The number of hydrogen-bond acceptors (Lipinski definition) is 2. The summed E-state index contributed by atoms with van der Waals surface area (Å²) in [5.41, 5.74) is 17.9. The third kappa shape index (κ3) is 5.95. The van der Waals surface area contributed by atoms with Crippen LogP contribution in [0.3, 0.4) is 0 Å². The molecule has 0 spiro atoms. The molecule has 0 saturated carbocycles. The van der Waals surface area contributed by atoms with E-state index in [9.17, 15) is 0 Å². The lowest BCUT2D eigenvalue weighted by atomic mass is 9.88. The fraction of sp³-hybridized carbons (Fsp3) is 0.0179. The van der Waals surface area contributed by atoms with Gasteiger partial charge in [-0.05, 0) is 120 Å². The molecule has 58 heavy (non-hydrogen) atoms. The molecule has 0 aliphatic heterocycles. The van der Waals surface area contributed by atoms with Crippen molar-refractivity contribution < 1.29 is 0 Å². The second-order valence-corrected chi connectivity index (χ2v) is 15.3. The molecular weight excluding hydrogens is 701 g/mol. The Balaban J connectivity index is 1.16. The maximum absolute atomic E-state index is 7.48. The molecule has 2 nitrogen and oxygen atoms in total. The fourth-order valence-electron chi connectivity index (χ4n) is 8.75. The first-order valence-electron chi connectivity index (χ1n) is 19.9. The molecule has 0 atom stereocenters. The molecule has 0 amide bonds. The van der Waals surface area contributed by atoms with E-state index in [4.69, 9.17) is 10.7 Å². The molecule has 0 fully saturated rings. The van der Waals surface area contributed by atoms with Crippen LogP contribution >= 0.6 is 0 Å². The fourth-order valence-corrected chi connectivity index (χ4v) is 8.75. The van der Waals surface area contributed by atoms with Gasteiger partial charge in [0.25, 0.3) is 0 Å². The van der Waals surface area contributed by atoms with Gasteiger partial charge in [-0.25, -0.2) is 4.98 Å². The van der Waals surface area contributed by atoms with E-state index in [1.54, 1.807) is 0 Å². The molecule has 2 heteroatoms. The van der Waals surface area contributed by atoms with Gasteiger partial charge in [0.1, 0.15) is 0 Å². The minimum absolute atomic E-state index is 0.747. The maximum Gasteiger partial charge on any atom is 0.0795 e. The summed E-state index contributed by atoms with van der Waals surface area (Å²) in [6.45, 7) is 0. The van der Waals surface area contributed by atoms with Crippen LogP contribution in [-0.4, -0.2) is 4.98 Å². The summed E-state index contributed by atoms with van der Waals surface area (Å²) >= 11 is 0. The summed E-state index contributed by atoms with van der Waals surface area (Å²) in [6.07, 6.45) is 5.27. The Hall–Kier alpha value is -7.55. The van der Waals surface area contributed by atoms with Crippen molar-refractivity contribution in [2.75, 3.05) is 5.73 Å². The van der Waals surface area contributed by atoms with Gasteiger partial charge in [0.2, 0.25) is 0 Å². The van der Waals surface area contributed by atoms with Crippen LogP contribution < -0.4 is 5.73 Å². The van der Waals surface area contributed by atoms with Crippen molar-refractivity contribution in [3.63, 3.8) is 0 Å². The highest BCUT2D eigenvalue weighted by Gasteiger charge is 2.19. The largest absolute Gasteiger partial charge is 0.398 e. The monoisotopic (exact) mass is 738 g/mol. The molecule has 0 saturated heterocycles. The van der Waals surface area contributed by atoms with Crippen LogP contribution in [-0.2, 0) is 6.42 Å². The first-order chi connectivity index (χ1) is 28.6. The van der Waals surface area contributed by atoms with Crippen LogP contribution in [0.1, 0.15) is 11.1 Å². The van der Waals surface area contributed by atoms with Crippen LogP contribution in [0.15, 0.2) is 200 Å². The molecular formula is C56H38N2. The third-order valence-corrected chi connectivity index (χ3v) is 11.8. The quantitative estimate of drug-likeness (QED) is 0.136. The van der Waals surface area contributed by atoms with E-state index in [0.717, 1.165) is 72.9 Å². The predicted octanol–water partition coefficient (Wildman–Crippen LogP) is 14.8. The summed E-state index contributed by atoms with van der Waals surface area (Å²) in [6, 6.07) is 69.9. The lowest BCUT2D eigenvalue weighted by molar-refractivity contribution is 1.29. The van der Waals surface area contributed by atoms with Crippen molar-refractivity contribution in [3.05, 3.63) is 211 Å². The second kappa shape index (κ2) is 13.9. The predicted molar refractivity (Wildman–Crippen MR) is 249 cm³/mol. The summed E-state index contributed by atoms with van der Waals surface area (Å²) in [5, 5.41) is 12.8. The average Bonchev–Trinajstić information content (AvgIpc) is 3.28. The number of nitrogens with two attached hydrogens (primary N) is 1. The molecule has 10 aromatic carbocycles. The van der Waals surface area contributed by atoms with Crippen molar-refractivity contribution in [1.82, 2.24) is 4.98 Å². The number of fused-ring (bicyclic) bond motifs is 7. The highest BCUT2D eigenvalue weighted by molar-refractivity contribution is 6.18. The number of anilines is 1. The number of hydrogen-bond donors (Lipinski definition) is 1. The number of pyridine rings is 1. The Morgan fingerprint density at radius 1 is 0.397 bits per heavy atom. The van der Waals surface area contributed by atoms with Crippen LogP contribution in [0.5, 0.6) is 0 Å². The van der Waals surface area contributed by atoms with Gasteiger partial charge in [-0.3, -0.25) is 0 Å². The molecule has 0 radical (unpaired) electrons. The Labute approximate surface area is 337 Å². The maximum atomic E-state index is 7.48. The summed E-state index contributed by atoms with van der Waals surface area (Å²) < 4.78 is 0. The molecule has 0 unspecified atom stereocenters. The molecule has 11 rings (SSSR count). The van der Waals surface area contributed by atoms with E-state index in [2.05, 4.69) is 206 Å². The molecule has 0 aliphatic rings. The number of benzene rings is 10. The van der Waals surface area contributed by atoms with Gasteiger partial charge < -0.3 is 5.73 Å². The Kier molecular flexibility index (Phi) is 8.08. The standard InChI is InChI=1S/C56H38N2/c57-55-48(19-9-10-36-20-21-37-11-1-5-15-41(37)30-36)50(45-25-22-38-12-2-6-16-42(38)31-45)35-53-52(55)34-51(46-26-23-39-13-3-7-17-43(39)32-46)49-28-29-54(58-56(49)53)47-27-24-40-14-4-8-18-44(40)33-47/h1-9,11-35H,10,57H2/b19-9-. The number of aromatic nitrogens is 1. The molecule has 11 aromatic rings. The van der Waals surface area contributed by atoms with Crippen LogP contribution in [0.25, 0.3) is 104 Å². The van der Waals surface area contributed by atoms with E-state index in [1.807, 2.05) is 0 Å². The van der Waals surface area contributed by atoms with Crippen molar-refractivity contribution in [3.8, 4) is 33.5 Å². The Morgan fingerprint density at radius 3 is 1.48 bits per heavy atom. The highest BCUT2D eigenvalue weighted by Crippen LogP contribution is 2.43. The van der Waals surface area contributed by atoms with Gasteiger partial charge in [0.05, 0.1) is 11.2 Å². The molecule has 2 N–H and O–H groups in total. The van der Waals surface area contributed by atoms with Crippen molar-refractivity contribution >= 4 is 76.5 Å². The second-order valence-electron chi connectivity index (χ2n) is 15.3. The van der Waals surface area contributed by atoms with E-state index >= 15 is 0 Å². The zero-order valence-corrected chi connectivity index (χ0v) is 31.9. The van der Waals surface area contributed by atoms with E-state index < -0.39 is 0 Å². The number of rotatable bonds is 6. The molecule has 0 bridgehead atoms. The molecule has 272 valence electrons.